The summed E-state index contributed by atoms with van der Waals surface area (Å²) in [5.74, 6) is 0. The van der Waals surface area contributed by atoms with Gasteiger partial charge in [0.05, 0.1) is 7.57 Å². The van der Waals surface area contributed by atoms with Crippen LogP contribution >= 0.6 is 59.1 Å². The quantitative estimate of drug-likeness (QED) is 0.422. The van der Waals surface area contributed by atoms with Crippen LogP contribution in [0.4, 0.5) is 0 Å². The Morgan fingerprint density at radius 1 is 1.11 bits per heavy atom. The Hall–Kier alpha value is 1.05. The lowest BCUT2D eigenvalue weighted by Crippen LogP contribution is -2.25. The highest BCUT2D eigenvalue weighted by molar-refractivity contribution is 9.12. The van der Waals surface area contributed by atoms with E-state index in [4.69, 9.17) is 0 Å². The standard InChI is InChI=1S/C11H14Br3NO2S2/c12-5-3-1-2-4-6-15-7-8-9(19(15,16)17)11(14)18-10(8)13/h1-7H2. The molecule has 108 valence electrons. The summed E-state index contributed by atoms with van der Waals surface area (Å²) < 4.78 is 28.0. The minimum Gasteiger partial charge on any atom is -0.207 e. The minimum atomic E-state index is -3.29. The number of rotatable bonds is 6. The van der Waals surface area contributed by atoms with Gasteiger partial charge in [0.2, 0.25) is 10.0 Å². The van der Waals surface area contributed by atoms with Gasteiger partial charge in [-0.1, -0.05) is 28.8 Å². The van der Waals surface area contributed by atoms with Gasteiger partial charge in [-0.15, -0.1) is 11.3 Å². The maximum Gasteiger partial charge on any atom is 0.245 e. The molecule has 0 fully saturated rings. The first-order valence-corrected chi connectivity index (χ1v) is 11.0. The fourth-order valence-corrected chi connectivity index (χ4v) is 8.21. The van der Waals surface area contributed by atoms with Crippen molar-refractivity contribution in [2.75, 3.05) is 11.9 Å². The van der Waals surface area contributed by atoms with Gasteiger partial charge in [0.1, 0.15) is 4.90 Å². The van der Waals surface area contributed by atoms with E-state index in [1.807, 2.05) is 0 Å². The molecular formula is C11H14Br3NO2S2. The van der Waals surface area contributed by atoms with Crippen LogP contribution < -0.4 is 0 Å². The van der Waals surface area contributed by atoms with E-state index in [0.29, 0.717) is 21.8 Å². The number of sulfonamides is 1. The Bertz CT molecular complexity index is 557. The first kappa shape index (κ1) is 16.4. The molecule has 0 unspecified atom stereocenters. The fourth-order valence-electron chi connectivity index (χ4n) is 2.11. The van der Waals surface area contributed by atoms with E-state index < -0.39 is 10.0 Å². The maximum absolute atomic E-state index is 12.4. The zero-order valence-corrected chi connectivity index (χ0v) is 16.6. The van der Waals surface area contributed by atoms with Crippen LogP contribution in [0.15, 0.2) is 12.5 Å². The van der Waals surface area contributed by atoms with Gasteiger partial charge in [-0.25, -0.2) is 8.42 Å². The number of hydrogen-bond acceptors (Lipinski definition) is 3. The second-order valence-electron chi connectivity index (χ2n) is 4.40. The predicted molar refractivity (Wildman–Crippen MR) is 89.6 cm³/mol. The summed E-state index contributed by atoms with van der Waals surface area (Å²) in [6.07, 6.45) is 4.30. The van der Waals surface area contributed by atoms with Crippen molar-refractivity contribution in [3.63, 3.8) is 0 Å². The van der Waals surface area contributed by atoms with Crippen molar-refractivity contribution in [1.29, 1.82) is 0 Å². The Labute approximate surface area is 143 Å². The van der Waals surface area contributed by atoms with Gasteiger partial charge >= 0.3 is 0 Å². The molecule has 0 atom stereocenters. The number of nitrogens with zero attached hydrogens (tertiary/aromatic N) is 1. The molecule has 0 radical (unpaired) electrons. The fraction of sp³-hybridized carbons (Fsp3) is 0.636. The number of thiophene rings is 1. The van der Waals surface area contributed by atoms with Crippen molar-refractivity contribution >= 4 is 69.1 Å². The third-order valence-electron chi connectivity index (χ3n) is 3.09. The second-order valence-corrected chi connectivity index (χ2v) is 10.7. The highest BCUT2D eigenvalue weighted by atomic mass is 79.9. The van der Waals surface area contributed by atoms with Crippen molar-refractivity contribution in [3.8, 4) is 0 Å². The SMILES string of the molecule is O=S1(=O)c2c(Br)sc(Br)c2CN1CCCCCCBr. The zero-order valence-electron chi connectivity index (χ0n) is 10.2. The summed E-state index contributed by atoms with van der Waals surface area (Å²) in [5, 5.41) is 1.02. The number of fused-ring (bicyclic) bond motifs is 1. The molecule has 19 heavy (non-hydrogen) atoms. The molecule has 2 rings (SSSR count). The molecule has 0 amide bonds. The Balaban J connectivity index is 2.01. The van der Waals surface area contributed by atoms with Crippen molar-refractivity contribution in [3.05, 3.63) is 13.1 Å². The Morgan fingerprint density at radius 2 is 1.79 bits per heavy atom. The minimum absolute atomic E-state index is 0.463. The van der Waals surface area contributed by atoms with Gasteiger partial charge in [-0.2, -0.15) is 4.31 Å². The topological polar surface area (TPSA) is 37.4 Å². The third kappa shape index (κ3) is 3.45. The van der Waals surface area contributed by atoms with Crippen LogP contribution in [0.1, 0.15) is 31.2 Å². The average molecular weight is 496 g/mol. The molecule has 0 N–H and O–H groups in total. The van der Waals surface area contributed by atoms with E-state index in [1.54, 1.807) is 4.31 Å². The van der Waals surface area contributed by atoms with E-state index in [-0.39, 0.29) is 0 Å². The van der Waals surface area contributed by atoms with E-state index in [9.17, 15) is 8.42 Å². The second kappa shape index (κ2) is 6.87. The lowest BCUT2D eigenvalue weighted by Gasteiger charge is -2.14. The molecule has 0 spiro atoms. The summed E-state index contributed by atoms with van der Waals surface area (Å²) in [6.45, 7) is 1.11. The van der Waals surface area contributed by atoms with Crippen molar-refractivity contribution in [1.82, 2.24) is 4.31 Å². The summed E-state index contributed by atoms with van der Waals surface area (Å²) >= 11 is 11.6. The van der Waals surface area contributed by atoms with Gasteiger partial charge in [0, 0.05) is 24.0 Å². The van der Waals surface area contributed by atoms with Crippen LogP contribution in [-0.2, 0) is 16.6 Å². The van der Waals surface area contributed by atoms with E-state index in [2.05, 4.69) is 47.8 Å². The molecule has 0 bridgehead atoms. The first-order chi connectivity index (χ1) is 8.98. The van der Waals surface area contributed by atoms with Crippen LogP contribution in [0.3, 0.4) is 0 Å². The lowest BCUT2D eigenvalue weighted by atomic mass is 10.2. The molecule has 3 nitrogen and oxygen atoms in total. The molecule has 0 aromatic carbocycles. The zero-order chi connectivity index (χ0) is 14.0. The van der Waals surface area contributed by atoms with Gasteiger partial charge in [-0.3, -0.25) is 0 Å². The van der Waals surface area contributed by atoms with Crippen LogP contribution in [0.5, 0.6) is 0 Å². The number of unbranched alkanes of at least 4 members (excludes halogenated alkanes) is 3. The monoisotopic (exact) mass is 493 g/mol. The largest absolute Gasteiger partial charge is 0.245 e. The van der Waals surface area contributed by atoms with Gasteiger partial charge < -0.3 is 0 Å². The van der Waals surface area contributed by atoms with Gasteiger partial charge in [0.25, 0.3) is 0 Å². The van der Waals surface area contributed by atoms with E-state index in [1.165, 1.54) is 11.3 Å². The van der Waals surface area contributed by atoms with Crippen molar-refractivity contribution in [2.45, 2.75) is 37.1 Å². The van der Waals surface area contributed by atoms with E-state index in [0.717, 1.165) is 40.4 Å². The molecular weight excluding hydrogens is 482 g/mol. The number of hydrogen-bond donors (Lipinski definition) is 0. The van der Waals surface area contributed by atoms with Crippen LogP contribution in [0, 0.1) is 0 Å². The number of halogens is 3. The van der Waals surface area contributed by atoms with Gasteiger partial charge in [0.15, 0.2) is 0 Å². The molecule has 1 aliphatic rings. The summed E-state index contributed by atoms with van der Waals surface area (Å²) in [5.41, 5.74) is 0.900. The van der Waals surface area contributed by atoms with Crippen LogP contribution in [-0.4, -0.2) is 24.6 Å². The summed E-state index contributed by atoms with van der Waals surface area (Å²) in [4.78, 5) is 0.463. The molecule has 0 saturated heterocycles. The van der Waals surface area contributed by atoms with E-state index >= 15 is 0 Å². The lowest BCUT2D eigenvalue weighted by molar-refractivity contribution is 0.409. The smallest absolute Gasteiger partial charge is 0.207 e. The summed E-state index contributed by atoms with van der Waals surface area (Å²) in [6, 6.07) is 0. The van der Waals surface area contributed by atoms with Crippen molar-refractivity contribution < 1.29 is 8.42 Å². The maximum atomic E-state index is 12.4. The molecule has 1 aromatic heterocycles. The average Bonchev–Trinajstić information content (AvgIpc) is 2.76. The van der Waals surface area contributed by atoms with Crippen LogP contribution in [0.25, 0.3) is 0 Å². The molecule has 2 heterocycles. The molecule has 8 heteroatoms. The molecule has 0 saturated carbocycles. The normalized spacial score (nSPS) is 17.8. The highest BCUT2D eigenvalue weighted by Crippen LogP contribution is 2.45. The Morgan fingerprint density at radius 3 is 2.42 bits per heavy atom. The first-order valence-electron chi connectivity index (χ1n) is 6.01. The highest BCUT2D eigenvalue weighted by Gasteiger charge is 2.39. The molecule has 1 aromatic rings. The number of alkyl halides is 1. The Kier molecular flexibility index (Phi) is 5.94. The summed E-state index contributed by atoms with van der Waals surface area (Å²) in [7, 11) is -3.29. The van der Waals surface area contributed by atoms with Crippen LogP contribution in [0.2, 0.25) is 0 Å². The van der Waals surface area contributed by atoms with Crippen molar-refractivity contribution in [2.24, 2.45) is 0 Å². The molecule has 0 aliphatic carbocycles. The third-order valence-corrected chi connectivity index (χ3v) is 8.66. The van der Waals surface area contributed by atoms with Gasteiger partial charge in [-0.05, 0) is 44.7 Å². The predicted octanol–water partition coefficient (Wildman–Crippen LogP) is 4.73. The molecule has 1 aliphatic heterocycles.